The molecule has 0 aromatic heterocycles. The molecule has 0 amide bonds. The Balaban J connectivity index is 1.64. The Morgan fingerprint density at radius 3 is 2.50 bits per heavy atom. The second-order valence-electron chi connectivity index (χ2n) is 8.35. The highest BCUT2D eigenvalue weighted by atomic mass is 16.5. The van der Waals surface area contributed by atoms with Crippen molar-refractivity contribution >= 4 is 0 Å². The molecule has 0 radical (unpaired) electrons. The van der Waals surface area contributed by atoms with Crippen LogP contribution in [0.25, 0.3) is 11.1 Å². The molecule has 2 N–H and O–H groups in total. The Morgan fingerprint density at radius 1 is 0.938 bits per heavy atom. The van der Waals surface area contributed by atoms with E-state index in [0.29, 0.717) is 11.5 Å². The van der Waals surface area contributed by atoms with Gasteiger partial charge in [0.05, 0.1) is 21.3 Å². The van der Waals surface area contributed by atoms with Gasteiger partial charge in [-0.2, -0.15) is 0 Å². The number of hydrogen-bond donors (Lipinski definition) is 2. The van der Waals surface area contributed by atoms with E-state index < -0.39 is 0 Å². The SMILES string of the molecule is COc1cccc(CN2CCc3cc(OC)c(O)c4c3C2Cc2cc(O)c(OC)cc2-4)c1. The van der Waals surface area contributed by atoms with Crippen molar-refractivity contribution in [3.05, 3.63) is 64.7 Å². The van der Waals surface area contributed by atoms with Crippen molar-refractivity contribution in [2.45, 2.75) is 25.4 Å². The van der Waals surface area contributed by atoms with Crippen LogP contribution in [-0.2, 0) is 19.4 Å². The van der Waals surface area contributed by atoms with Crippen LogP contribution in [0, 0.1) is 0 Å². The maximum absolute atomic E-state index is 11.2. The lowest BCUT2D eigenvalue weighted by molar-refractivity contribution is 0.173. The zero-order chi connectivity index (χ0) is 22.4. The van der Waals surface area contributed by atoms with Crippen LogP contribution in [0.3, 0.4) is 0 Å². The highest BCUT2D eigenvalue weighted by Gasteiger charge is 2.37. The van der Waals surface area contributed by atoms with Crippen molar-refractivity contribution in [2.75, 3.05) is 27.9 Å². The molecule has 3 aromatic rings. The quantitative estimate of drug-likeness (QED) is 0.620. The van der Waals surface area contributed by atoms with Gasteiger partial charge >= 0.3 is 0 Å². The minimum atomic E-state index is 0.0806. The fourth-order valence-corrected chi connectivity index (χ4v) is 5.14. The zero-order valence-corrected chi connectivity index (χ0v) is 18.5. The first-order chi connectivity index (χ1) is 15.5. The third kappa shape index (κ3) is 3.22. The molecule has 1 aliphatic heterocycles. The van der Waals surface area contributed by atoms with Crippen LogP contribution < -0.4 is 14.2 Å². The largest absolute Gasteiger partial charge is 0.504 e. The number of methoxy groups -OCH3 is 3. The molecule has 3 aromatic carbocycles. The Bertz CT molecular complexity index is 1190. The molecule has 0 bridgehead atoms. The maximum atomic E-state index is 11.2. The molecule has 6 nitrogen and oxygen atoms in total. The fraction of sp³-hybridized carbons (Fsp3) is 0.308. The number of ether oxygens (including phenoxy) is 3. The fourth-order valence-electron chi connectivity index (χ4n) is 5.14. The van der Waals surface area contributed by atoms with E-state index in [1.807, 2.05) is 24.3 Å². The predicted molar refractivity (Wildman–Crippen MR) is 122 cm³/mol. The first-order valence-electron chi connectivity index (χ1n) is 10.7. The number of phenolic OH excluding ortho intramolecular Hbond substituents is 2. The van der Waals surface area contributed by atoms with Crippen LogP contribution in [0.15, 0.2) is 42.5 Å². The van der Waals surface area contributed by atoms with Gasteiger partial charge in [-0.25, -0.2) is 0 Å². The van der Waals surface area contributed by atoms with Gasteiger partial charge in [-0.3, -0.25) is 4.90 Å². The van der Waals surface area contributed by atoms with Gasteiger partial charge in [0.1, 0.15) is 5.75 Å². The summed E-state index contributed by atoms with van der Waals surface area (Å²) in [5.74, 6) is 1.94. The van der Waals surface area contributed by atoms with Gasteiger partial charge in [0.15, 0.2) is 23.0 Å². The van der Waals surface area contributed by atoms with E-state index in [4.69, 9.17) is 14.2 Å². The van der Waals surface area contributed by atoms with Crippen LogP contribution in [0.1, 0.15) is 28.3 Å². The van der Waals surface area contributed by atoms with Gasteiger partial charge in [0, 0.05) is 24.7 Å². The monoisotopic (exact) mass is 433 g/mol. The number of aromatic hydroxyl groups is 2. The Labute approximate surface area is 187 Å². The number of fused-ring (bicyclic) bond motifs is 2. The maximum Gasteiger partial charge on any atom is 0.166 e. The molecular formula is C26H27NO5. The van der Waals surface area contributed by atoms with Crippen molar-refractivity contribution in [3.63, 3.8) is 0 Å². The number of rotatable bonds is 5. The summed E-state index contributed by atoms with van der Waals surface area (Å²) in [6.07, 6.45) is 1.60. The van der Waals surface area contributed by atoms with E-state index in [0.717, 1.165) is 53.9 Å². The third-order valence-corrected chi connectivity index (χ3v) is 6.66. The van der Waals surface area contributed by atoms with E-state index in [-0.39, 0.29) is 17.5 Å². The van der Waals surface area contributed by atoms with Crippen LogP contribution in [0.4, 0.5) is 0 Å². The van der Waals surface area contributed by atoms with E-state index in [1.165, 1.54) is 18.2 Å². The molecule has 0 saturated heterocycles. The highest BCUT2D eigenvalue weighted by molar-refractivity contribution is 5.84. The number of hydrogen-bond acceptors (Lipinski definition) is 6. The van der Waals surface area contributed by atoms with Gasteiger partial charge < -0.3 is 24.4 Å². The second-order valence-corrected chi connectivity index (χ2v) is 8.35. The highest BCUT2D eigenvalue weighted by Crippen LogP contribution is 2.53. The van der Waals surface area contributed by atoms with Crippen LogP contribution in [0.5, 0.6) is 28.7 Å². The van der Waals surface area contributed by atoms with Gasteiger partial charge in [0.25, 0.3) is 0 Å². The zero-order valence-electron chi connectivity index (χ0n) is 18.5. The standard InChI is InChI=1S/C26H27NO5/c1-30-18-6-4-5-15(9-18)14-27-8-7-16-12-23(32-3)26(29)25-19-13-22(31-2)21(28)11-17(19)10-20(27)24(16)25/h4-6,9,11-13,20,28-29H,7-8,10,14H2,1-3H3. The van der Waals surface area contributed by atoms with Gasteiger partial charge in [-0.15, -0.1) is 0 Å². The Morgan fingerprint density at radius 2 is 1.75 bits per heavy atom. The molecule has 5 rings (SSSR count). The van der Waals surface area contributed by atoms with Crippen LogP contribution in [-0.4, -0.2) is 43.0 Å². The molecule has 166 valence electrons. The molecule has 0 fully saturated rings. The van der Waals surface area contributed by atoms with Crippen molar-refractivity contribution in [1.29, 1.82) is 0 Å². The lowest BCUT2D eigenvalue weighted by atomic mass is 9.76. The van der Waals surface area contributed by atoms with Gasteiger partial charge in [0.2, 0.25) is 0 Å². The lowest BCUT2D eigenvalue weighted by Gasteiger charge is -2.42. The smallest absolute Gasteiger partial charge is 0.166 e. The van der Waals surface area contributed by atoms with Crippen LogP contribution >= 0.6 is 0 Å². The molecule has 2 aliphatic rings. The van der Waals surface area contributed by atoms with Gasteiger partial charge in [-0.05, 0) is 71.0 Å². The lowest BCUT2D eigenvalue weighted by Crippen LogP contribution is -2.38. The Kier molecular flexibility index (Phi) is 5.10. The summed E-state index contributed by atoms with van der Waals surface area (Å²) >= 11 is 0. The predicted octanol–water partition coefficient (Wildman–Crippen LogP) is 4.45. The summed E-state index contributed by atoms with van der Waals surface area (Å²) in [4.78, 5) is 2.44. The van der Waals surface area contributed by atoms with E-state index in [2.05, 4.69) is 17.0 Å². The summed E-state index contributed by atoms with van der Waals surface area (Å²) in [7, 11) is 4.78. The molecular weight excluding hydrogens is 406 g/mol. The molecule has 32 heavy (non-hydrogen) atoms. The number of nitrogens with zero attached hydrogens (tertiary/aromatic N) is 1. The minimum absolute atomic E-state index is 0.0806. The summed E-state index contributed by atoms with van der Waals surface area (Å²) in [5, 5.41) is 21.6. The van der Waals surface area contributed by atoms with Gasteiger partial charge in [-0.1, -0.05) is 12.1 Å². The van der Waals surface area contributed by atoms with E-state index in [1.54, 1.807) is 20.3 Å². The summed E-state index contributed by atoms with van der Waals surface area (Å²) in [6.45, 7) is 1.66. The number of phenols is 2. The summed E-state index contributed by atoms with van der Waals surface area (Å²) in [6, 6.07) is 13.8. The second kappa shape index (κ2) is 7.95. The average molecular weight is 434 g/mol. The van der Waals surface area contributed by atoms with E-state index in [9.17, 15) is 10.2 Å². The molecule has 6 heteroatoms. The first-order valence-corrected chi connectivity index (χ1v) is 10.7. The molecule has 1 aliphatic carbocycles. The average Bonchev–Trinajstić information content (AvgIpc) is 2.81. The van der Waals surface area contributed by atoms with Crippen molar-refractivity contribution < 1.29 is 24.4 Å². The minimum Gasteiger partial charge on any atom is -0.504 e. The third-order valence-electron chi connectivity index (χ3n) is 6.66. The summed E-state index contributed by atoms with van der Waals surface area (Å²) in [5.41, 5.74) is 6.14. The normalized spacial score (nSPS) is 16.8. The topological polar surface area (TPSA) is 71.4 Å². The molecule has 1 unspecified atom stereocenters. The van der Waals surface area contributed by atoms with Crippen molar-refractivity contribution in [1.82, 2.24) is 4.90 Å². The molecule has 0 saturated carbocycles. The molecule has 0 spiro atoms. The molecule has 1 heterocycles. The Hall–Kier alpha value is -3.38. The van der Waals surface area contributed by atoms with Crippen molar-refractivity contribution in [3.8, 4) is 39.9 Å². The first kappa shape index (κ1) is 20.5. The van der Waals surface area contributed by atoms with E-state index >= 15 is 0 Å². The van der Waals surface area contributed by atoms with Crippen LogP contribution in [0.2, 0.25) is 0 Å². The summed E-state index contributed by atoms with van der Waals surface area (Å²) < 4.78 is 16.3. The van der Waals surface area contributed by atoms with Crippen molar-refractivity contribution in [2.24, 2.45) is 0 Å². The molecule has 1 atom stereocenters. The number of benzene rings is 3.